The van der Waals surface area contributed by atoms with E-state index in [1.165, 1.54) is 56.9 Å². The van der Waals surface area contributed by atoms with Gasteiger partial charge in [-0.25, -0.2) is 4.79 Å². The lowest BCUT2D eigenvalue weighted by molar-refractivity contribution is -0.120. The topological polar surface area (TPSA) is 79.9 Å². The quantitative estimate of drug-likeness (QED) is 0.184. The van der Waals surface area contributed by atoms with E-state index in [9.17, 15) is 9.59 Å². The van der Waals surface area contributed by atoms with Crippen molar-refractivity contribution in [1.82, 2.24) is 15.5 Å². The highest BCUT2D eigenvalue weighted by molar-refractivity contribution is 5.82. The Morgan fingerprint density at radius 1 is 1.00 bits per heavy atom. The minimum Gasteiger partial charge on any atom is -0.446 e. The molecule has 4 fully saturated rings. The fourth-order valence-corrected chi connectivity index (χ4v) is 10.5. The summed E-state index contributed by atoms with van der Waals surface area (Å²) in [7, 11) is 0. The molecule has 0 aromatic carbocycles. The van der Waals surface area contributed by atoms with Gasteiger partial charge in [0.1, 0.15) is 6.10 Å². The fraction of sp³-hybridized carbons (Fsp3) is 0.892. The molecule has 0 aromatic heterocycles. The lowest BCUT2D eigenvalue weighted by atomic mass is 9.47. The monoisotopic (exact) mass is 613 g/mol. The number of allylic oxidation sites excluding steroid dienone is 1. The van der Waals surface area contributed by atoms with Gasteiger partial charge in [-0.1, -0.05) is 65.5 Å². The number of fused-ring (bicyclic) bond motifs is 5. The first-order valence-electron chi connectivity index (χ1n) is 18.3. The van der Waals surface area contributed by atoms with Crippen molar-refractivity contribution in [1.29, 1.82) is 0 Å². The minimum absolute atomic E-state index is 0.0369. The normalized spacial score (nSPS) is 36.0. The second kappa shape index (κ2) is 14.9. The molecule has 7 nitrogen and oxygen atoms in total. The summed E-state index contributed by atoms with van der Waals surface area (Å²) in [6, 6.07) is 0. The number of ether oxygens (including phenoxy) is 2. The van der Waals surface area contributed by atoms with Crippen LogP contribution in [0.15, 0.2) is 11.6 Å². The first-order chi connectivity index (χ1) is 21.1. The SMILES string of the molecule is CC(C)CCC[C@@H](C)[C@H]1CC[C@H]2[C@@H]3CC=C4C[C@@H](OC(=O)NCC(=O)NCCCN5CCOCC5)CC[C@]4(C)[C@H]3CC[C@]12C. The van der Waals surface area contributed by atoms with Crippen LogP contribution in [-0.2, 0) is 14.3 Å². The van der Waals surface area contributed by atoms with Crippen LogP contribution in [0, 0.1) is 46.3 Å². The predicted octanol–water partition coefficient (Wildman–Crippen LogP) is 6.96. The summed E-state index contributed by atoms with van der Waals surface area (Å²) < 4.78 is 11.2. The van der Waals surface area contributed by atoms with Gasteiger partial charge < -0.3 is 20.1 Å². The predicted molar refractivity (Wildman–Crippen MR) is 176 cm³/mol. The van der Waals surface area contributed by atoms with Gasteiger partial charge in [0, 0.05) is 26.1 Å². The smallest absolute Gasteiger partial charge is 0.407 e. The number of amides is 2. The van der Waals surface area contributed by atoms with Crippen molar-refractivity contribution < 1.29 is 19.1 Å². The summed E-state index contributed by atoms with van der Waals surface area (Å²) in [5, 5.41) is 5.60. The number of hydrogen-bond acceptors (Lipinski definition) is 5. The summed E-state index contributed by atoms with van der Waals surface area (Å²) in [4.78, 5) is 27.2. The number of carbonyl (C=O) groups excluding carboxylic acids is 2. The Hall–Kier alpha value is -1.60. The van der Waals surface area contributed by atoms with Gasteiger partial charge in [-0.3, -0.25) is 9.69 Å². The van der Waals surface area contributed by atoms with E-state index < -0.39 is 6.09 Å². The highest BCUT2D eigenvalue weighted by Gasteiger charge is 2.59. The van der Waals surface area contributed by atoms with E-state index in [1.54, 1.807) is 0 Å². The molecular formula is C37H63N3O4. The molecule has 0 aromatic rings. The third kappa shape index (κ3) is 7.67. The van der Waals surface area contributed by atoms with E-state index >= 15 is 0 Å². The van der Waals surface area contributed by atoms with Gasteiger partial charge in [0.15, 0.2) is 0 Å². The molecule has 0 radical (unpaired) electrons. The van der Waals surface area contributed by atoms with E-state index in [4.69, 9.17) is 9.47 Å². The van der Waals surface area contributed by atoms with Crippen molar-refractivity contribution >= 4 is 12.0 Å². The molecule has 1 saturated heterocycles. The standard InChI is InChI=1S/C37H63N3O4/c1-26(2)8-6-9-27(3)31-12-13-32-30-11-10-28-24-29(14-16-36(28,4)33(30)15-17-37(31,32)5)44-35(42)39-25-34(41)38-18-7-19-40-20-22-43-23-21-40/h10,26-27,29-33H,6-9,11-25H2,1-5H3,(H,38,41)(H,39,42)/t27-,29+,30+,31-,32+,33+,36+,37-/m1/s1. The number of nitrogens with zero attached hydrogens (tertiary/aromatic N) is 1. The highest BCUT2D eigenvalue weighted by atomic mass is 16.6. The average molecular weight is 614 g/mol. The molecule has 0 bridgehead atoms. The molecule has 5 aliphatic rings. The van der Waals surface area contributed by atoms with Crippen LogP contribution in [-0.4, -0.2) is 68.9 Å². The Morgan fingerprint density at radius 2 is 1.80 bits per heavy atom. The lowest BCUT2D eigenvalue weighted by Crippen LogP contribution is -2.51. The molecule has 7 heteroatoms. The summed E-state index contributed by atoms with van der Waals surface area (Å²) in [6.07, 6.45) is 16.7. The summed E-state index contributed by atoms with van der Waals surface area (Å²) in [5.74, 6) is 4.81. The first kappa shape index (κ1) is 33.8. The van der Waals surface area contributed by atoms with E-state index in [1.807, 2.05) is 0 Å². The summed E-state index contributed by atoms with van der Waals surface area (Å²) >= 11 is 0. The molecule has 0 spiro atoms. The Labute approximate surface area is 268 Å². The number of nitrogens with one attached hydrogen (secondary N) is 2. The lowest BCUT2D eigenvalue weighted by Gasteiger charge is -2.58. The van der Waals surface area contributed by atoms with E-state index in [-0.39, 0.29) is 24.0 Å². The van der Waals surface area contributed by atoms with Crippen molar-refractivity contribution in [3.63, 3.8) is 0 Å². The molecule has 1 heterocycles. The Kier molecular flexibility index (Phi) is 11.4. The van der Waals surface area contributed by atoms with Crippen LogP contribution in [0.2, 0.25) is 0 Å². The number of alkyl carbamates (subject to hydrolysis) is 1. The second-order valence-corrected chi connectivity index (χ2v) is 16.1. The summed E-state index contributed by atoms with van der Waals surface area (Å²) in [6.45, 7) is 17.5. The third-order valence-corrected chi connectivity index (χ3v) is 13.0. The molecule has 8 atom stereocenters. The van der Waals surface area contributed by atoms with Gasteiger partial charge in [-0.05, 0) is 104 Å². The average Bonchev–Trinajstić information content (AvgIpc) is 3.36. The van der Waals surface area contributed by atoms with Gasteiger partial charge in [0.05, 0.1) is 19.8 Å². The largest absolute Gasteiger partial charge is 0.446 e. The molecule has 2 N–H and O–H groups in total. The second-order valence-electron chi connectivity index (χ2n) is 16.1. The zero-order valence-electron chi connectivity index (χ0n) is 28.6. The summed E-state index contributed by atoms with van der Waals surface area (Å²) in [5.41, 5.74) is 2.27. The molecule has 4 aliphatic carbocycles. The van der Waals surface area contributed by atoms with Crippen LogP contribution in [0.1, 0.15) is 112 Å². The maximum atomic E-state index is 12.6. The van der Waals surface area contributed by atoms with E-state index in [0.29, 0.717) is 12.0 Å². The Balaban J connectivity index is 1.06. The van der Waals surface area contributed by atoms with Crippen LogP contribution in [0.5, 0.6) is 0 Å². The van der Waals surface area contributed by atoms with Crippen molar-refractivity contribution in [3.05, 3.63) is 11.6 Å². The molecule has 250 valence electrons. The van der Waals surface area contributed by atoms with Crippen molar-refractivity contribution in [2.75, 3.05) is 45.9 Å². The van der Waals surface area contributed by atoms with E-state index in [2.05, 4.69) is 56.2 Å². The van der Waals surface area contributed by atoms with Gasteiger partial charge in [-0.2, -0.15) is 0 Å². The maximum Gasteiger partial charge on any atom is 0.407 e. The molecular weight excluding hydrogens is 550 g/mol. The molecule has 2 amide bonds. The Bertz CT molecular complexity index is 1010. The molecule has 44 heavy (non-hydrogen) atoms. The maximum absolute atomic E-state index is 12.6. The molecule has 0 unspecified atom stereocenters. The number of rotatable bonds is 12. The van der Waals surface area contributed by atoms with Gasteiger partial charge in [0.25, 0.3) is 0 Å². The molecule has 5 rings (SSSR count). The number of morpholine rings is 1. The minimum atomic E-state index is -0.468. The van der Waals surface area contributed by atoms with Crippen LogP contribution in [0.25, 0.3) is 0 Å². The number of hydrogen-bond donors (Lipinski definition) is 2. The van der Waals surface area contributed by atoms with Crippen molar-refractivity contribution in [2.24, 2.45) is 46.3 Å². The van der Waals surface area contributed by atoms with Crippen LogP contribution >= 0.6 is 0 Å². The van der Waals surface area contributed by atoms with Crippen molar-refractivity contribution in [3.8, 4) is 0 Å². The molecule has 1 aliphatic heterocycles. The highest BCUT2D eigenvalue weighted by Crippen LogP contribution is 2.67. The zero-order valence-corrected chi connectivity index (χ0v) is 28.6. The fourth-order valence-electron chi connectivity index (χ4n) is 10.5. The number of carbonyl (C=O) groups is 2. The Morgan fingerprint density at radius 3 is 2.57 bits per heavy atom. The van der Waals surface area contributed by atoms with E-state index in [0.717, 1.165) is 94.0 Å². The first-order valence-corrected chi connectivity index (χ1v) is 18.3. The third-order valence-electron chi connectivity index (χ3n) is 13.0. The van der Waals surface area contributed by atoms with Gasteiger partial charge in [-0.15, -0.1) is 0 Å². The van der Waals surface area contributed by atoms with Gasteiger partial charge in [0.2, 0.25) is 5.91 Å². The zero-order chi connectivity index (χ0) is 31.3. The van der Waals surface area contributed by atoms with Crippen LogP contribution < -0.4 is 10.6 Å². The van der Waals surface area contributed by atoms with Gasteiger partial charge >= 0.3 is 6.09 Å². The van der Waals surface area contributed by atoms with Crippen molar-refractivity contribution in [2.45, 2.75) is 118 Å². The van der Waals surface area contributed by atoms with Crippen LogP contribution in [0.4, 0.5) is 4.79 Å². The van der Waals surface area contributed by atoms with Crippen LogP contribution in [0.3, 0.4) is 0 Å². The molecule has 3 saturated carbocycles.